The average molecular weight is 235 g/mol. The van der Waals surface area contributed by atoms with Crippen molar-refractivity contribution in [2.75, 3.05) is 19.6 Å². The molecule has 0 bridgehead atoms. The third-order valence-corrected chi connectivity index (χ3v) is 4.39. The number of nitrogens with zero attached hydrogens (tertiary/aromatic N) is 1. The van der Waals surface area contributed by atoms with Gasteiger partial charge in [0.2, 0.25) is 0 Å². The van der Waals surface area contributed by atoms with Crippen molar-refractivity contribution in [3.8, 4) is 0 Å². The van der Waals surface area contributed by atoms with E-state index in [2.05, 4.69) is 4.72 Å². The summed E-state index contributed by atoms with van der Waals surface area (Å²) in [7, 11) is -3.27. The summed E-state index contributed by atoms with van der Waals surface area (Å²) in [6.07, 6.45) is 1.55. The number of hydrogen-bond donors (Lipinski definition) is 2. The van der Waals surface area contributed by atoms with Crippen LogP contribution in [0.15, 0.2) is 0 Å². The average Bonchev–Trinajstić information content (AvgIpc) is 2.19. The first-order valence-corrected chi connectivity index (χ1v) is 6.91. The summed E-state index contributed by atoms with van der Waals surface area (Å²) >= 11 is 0. The van der Waals surface area contributed by atoms with E-state index in [0.29, 0.717) is 19.6 Å². The molecule has 15 heavy (non-hydrogen) atoms. The predicted octanol–water partition coefficient (Wildman–Crippen LogP) is -0.100. The molecule has 0 aromatic carbocycles. The standard InChI is InChI=1S/C9H21N3O2S/c1-3-5-11-15(13,14)12-6-4-9(10)8(2)7-12/h8-9,11H,3-7,10H2,1-2H3. The molecule has 90 valence electrons. The van der Waals surface area contributed by atoms with Gasteiger partial charge in [-0.15, -0.1) is 0 Å². The quantitative estimate of drug-likeness (QED) is 0.714. The molecule has 3 N–H and O–H groups in total. The molecule has 6 heteroatoms. The van der Waals surface area contributed by atoms with E-state index in [1.165, 1.54) is 4.31 Å². The van der Waals surface area contributed by atoms with Crippen LogP contribution < -0.4 is 10.5 Å². The van der Waals surface area contributed by atoms with E-state index in [1.807, 2.05) is 13.8 Å². The van der Waals surface area contributed by atoms with Crippen LogP contribution in [0.1, 0.15) is 26.7 Å². The Kier molecular flexibility index (Phi) is 4.51. The van der Waals surface area contributed by atoms with E-state index in [1.54, 1.807) is 0 Å². The smallest absolute Gasteiger partial charge is 0.279 e. The lowest BCUT2D eigenvalue weighted by molar-refractivity contribution is 0.248. The maximum Gasteiger partial charge on any atom is 0.279 e. The first-order chi connectivity index (χ1) is 6.97. The van der Waals surface area contributed by atoms with Crippen LogP contribution in [0.3, 0.4) is 0 Å². The lowest BCUT2D eigenvalue weighted by atomic mass is 9.96. The molecule has 5 nitrogen and oxygen atoms in total. The maximum absolute atomic E-state index is 11.8. The van der Waals surface area contributed by atoms with Crippen LogP contribution in [-0.4, -0.2) is 38.4 Å². The fourth-order valence-corrected chi connectivity index (χ4v) is 3.09. The Balaban J connectivity index is 2.57. The second kappa shape index (κ2) is 5.25. The third-order valence-electron chi connectivity index (χ3n) is 2.81. The Morgan fingerprint density at radius 3 is 2.73 bits per heavy atom. The third kappa shape index (κ3) is 3.41. The fraction of sp³-hybridized carbons (Fsp3) is 1.00. The van der Waals surface area contributed by atoms with Crippen LogP contribution in [0.2, 0.25) is 0 Å². The molecule has 1 saturated heterocycles. The first kappa shape index (κ1) is 12.9. The molecular weight excluding hydrogens is 214 g/mol. The summed E-state index contributed by atoms with van der Waals surface area (Å²) in [5, 5.41) is 0. The second-order valence-electron chi connectivity index (χ2n) is 4.19. The van der Waals surface area contributed by atoms with Crippen molar-refractivity contribution in [2.45, 2.75) is 32.7 Å². The van der Waals surface area contributed by atoms with Gasteiger partial charge in [-0.1, -0.05) is 13.8 Å². The number of hydrogen-bond acceptors (Lipinski definition) is 3. The molecule has 1 rings (SSSR count). The number of nitrogens with two attached hydrogens (primary N) is 1. The zero-order chi connectivity index (χ0) is 11.5. The van der Waals surface area contributed by atoms with Gasteiger partial charge in [0.25, 0.3) is 10.2 Å². The zero-order valence-electron chi connectivity index (χ0n) is 9.44. The molecule has 0 saturated carbocycles. The Labute approximate surface area is 92.2 Å². The van der Waals surface area contributed by atoms with Crippen LogP contribution >= 0.6 is 0 Å². The second-order valence-corrected chi connectivity index (χ2v) is 5.94. The highest BCUT2D eigenvalue weighted by atomic mass is 32.2. The van der Waals surface area contributed by atoms with Crippen LogP contribution in [0, 0.1) is 5.92 Å². The van der Waals surface area contributed by atoms with Crippen molar-refractivity contribution >= 4 is 10.2 Å². The van der Waals surface area contributed by atoms with Crippen molar-refractivity contribution < 1.29 is 8.42 Å². The summed E-state index contributed by atoms with van der Waals surface area (Å²) in [5.74, 6) is 0.233. The van der Waals surface area contributed by atoms with Gasteiger partial charge in [0.15, 0.2) is 0 Å². The van der Waals surface area contributed by atoms with Gasteiger partial charge in [0, 0.05) is 25.7 Å². The minimum Gasteiger partial charge on any atom is -0.327 e. The summed E-state index contributed by atoms with van der Waals surface area (Å²) in [4.78, 5) is 0. The van der Waals surface area contributed by atoms with E-state index in [0.717, 1.165) is 12.8 Å². The van der Waals surface area contributed by atoms with Crippen LogP contribution in [0.4, 0.5) is 0 Å². The van der Waals surface area contributed by atoms with Gasteiger partial charge in [-0.05, 0) is 18.8 Å². The van der Waals surface area contributed by atoms with Gasteiger partial charge in [-0.3, -0.25) is 0 Å². The molecular formula is C9H21N3O2S. The normalized spacial score (nSPS) is 29.3. The van der Waals surface area contributed by atoms with E-state index in [4.69, 9.17) is 5.73 Å². The van der Waals surface area contributed by atoms with E-state index in [-0.39, 0.29) is 12.0 Å². The van der Waals surface area contributed by atoms with Crippen molar-refractivity contribution in [2.24, 2.45) is 11.7 Å². The molecule has 0 amide bonds. The van der Waals surface area contributed by atoms with Crippen LogP contribution in [0.25, 0.3) is 0 Å². The molecule has 0 radical (unpaired) electrons. The SMILES string of the molecule is CCCNS(=O)(=O)N1CCC(N)C(C)C1. The monoisotopic (exact) mass is 235 g/mol. The first-order valence-electron chi connectivity index (χ1n) is 5.47. The number of rotatable bonds is 4. The van der Waals surface area contributed by atoms with E-state index in [9.17, 15) is 8.42 Å². The van der Waals surface area contributed by atoms with Crippen molar-refractivity contribution in [1.29, 1.82) is 0 Å². The highest BCUT2D eigenvalue weighted by molar-refractivity contribution is 7.87. The maximum atomic E-state index is 11.8. The molecule has 0 aliphatic carbocycles. The Hall–Kier alpha value is -0.170. The highest BCUT2D eigenvalue weighted by Crippen LogP contribution is 2.16. The van der Waals surface area contributed by atoms with Gasteiger partial charge in [-0.2, -0.15) is 12.7 Å². The van der Waals surface area contributed by atoms with Gasteiger partial charge >= 0.3 is 0 Å². The van der Waals surface area contributed by atoms with Crippen molar-refractivity contribution in [3.05, 3.63) is 0 Å². The van der Waals surface area contributed by atoms with Gasteiger partial charge < -0.3 is 5.73 Å². The Morgan fingerprint density at radius 2 is 2.20 bits per heavy atom. The molecule has 2 unspecified atom stereocenters. The highest BCUT2D eigenvalue weighted by Gasteiger charge is 2.30. The molecule has 0 spiro atoms. The van der Waals surface area contributed by atoms with E-state index >= 15 is 0 Å². The van der Waals surface area contributed by atoms with Gasteiger partial charge in [-0.25, -0.2) is 4.72 Å². The molecule has 0 aromatic rings. The molecule has 1 fully saturated rings. The van der Waals surface area contributed by atoms with Crippen molar-refractivity contribution in [1.82, 2.24) is 9.03 Å². The number of piperidine rings is 1. The molecule has 2 atom stereocenters. The van der Waals surface area contributed by atoms with E-state index < -0.39 is 10.2 Å². The van der Waals surface area contributed by atoms with Gasteiger partial charge in [0.05, 0.1) is 0 Å². The summed E-state index contributed by atoms with van der Waals surface area (Å²) in [5.41, 5.74) is 5.84. The van der Waals surface area contributed by atoms with Crippen LogP contribution in [0.5, 0.6) is 0 Å². The van der Waals surface area contributed by atoms with Gasteiger partial charge in [0.1, 0.15) is 0 Å². The summed E-state index contributed by atoms with van der Waals surface area (Å²) in [6.45, 7) is 5.49. The Bertz CT molecular complexity index is 292. The Morgan fingerprint density at radius 1 is 1.53 bits per heavy atom. The molecule has 1 aliphatic heterocycles. The summed E-state index contributed by atoms with van der Waals surface area (Å²) < 4.78 is 27.6. The lowest BCUT2D eigenvalue weighted by Gasteiger charge is -2.34. The molecule has 1 aliphatic rings. The minimum absolute atomic E-state index is 0.127. The minimum atomic E-state index is -3.27. The zero-order valence-corrected chi connectivity index (χ0v) is 10.3. The molecule has 1 heterocycles. The largest absolute Gasteiger partial charge is 0.327 e. The summed E-state index contributed by atoms with van der Waals surface area (Å²) in [6, 6.07) is 0.127. The number of nitrogens with one attached hydrogen (secondary N) is 1. The topological polar surface area (TPSA) is 75.4 Å². The van der Waals surface area contributed by atoms with Crippen molar-refractivity contribution in [3.63, 3.8) is 0 Å². The predicted molar refractivity (Wildman–Crippen MR) is 60.5 cm³/mol. The lowest BCUT2D eigenvalue weighted by Crippen LogP contribution is -2.51. The van der Waals surface area contributed by atoms with Crippen LogP contribution in [-0.2, 0) is 10.2 Å². The fourth-order valence-electron chi connectivity index (χ4n) is 1.67. The molecule has 0 aromatic heterocycles.